The molecule has 3 rings (SSSR count). The maximum absolute atomic E-state index is 9.86. The zero-order chi connectivity index (χ0) is 14.9. The smallest absolute Gasteiger partial charge is 0.0614 e. The van der Waals surface area contributed by atoms with Crippen molar-refractivity contribution in [1.82, 2.24) is 15.1 Å². The topological polar surface area (TPSA) is 38.7 Å². The first-order valence-electron chi connectivity index (χ1n) is 8.95. The van der Waals surface area contributed by atoms with Crippen LogP contribution in [0.5, 0.6) is 0 Å². The molecule has 1 heterocycles. The second-order valence-corrected chi connectivity index (χ2v) is 7.98. The summed E-state index contributed by atoms with van der Waals surface area (Å²) in [7, 11) is 0. The lowest BCUT2D eigenvalue weighted by Crippen LogP contribution is -2.52. The first-order chi connectivity index (χ1) is 10.1. The van der Waals surface area contributed by atoms with Gasteiger partial charge >= 0.3 is 0 Å². The van der Waals surface area contributed by atoms with Gasteiger partial charge in [0.15, 0.2) is 0 Å². The minimum absolute atomic E-state index is 0.0287. The summed E-state index contributed by atoms with van der Waals surface area (Å²) >= 11 is 0. The van der Waals surface area contributed by atoms with Crippen LogP contribution >= 0.6 is 0 Å². The Hall–Kier alpha value is -0.160. The Balaban J connectivity index is 1.48. The molecule has 122 valence electrons. The predicted octanol–water partition coefficient (Wildman–Crippen LogP) is 1.30. The fraction of sp³-hybridized carbons (Fsp3) is 1.00. The molecular weight excluding hydrogens is 262 g/mol. The van der Waals surface area contributed by atoms with Gasteiger partial charge in [-0.15, -0.1) is 0 Å². The molecule has 4 nitrogen and oxygen atoms in total. The lowest BCUT2D eigenvalue weighted by molar-refractivity contribution is 0.0822. The van der Waals surface area contributed by atoms with E-state index in [9.17, 15) is 5.11 Å². The standard InChI is InChI=1S/C17H33N3O/c1-14(2)12-19-7-9-20(10-8-19)16-5-6-17(11-16,13-21)18-15-3-4-15/h14-16,18,21H,3-13H2,1-2H3. The summed E-state index contributed by atoms with van der Waals surface area (Å²) in [5.74, 6) is 0.771. The molecule has 2 aliphatic carbocycles. The SMILES string of the molecule is CC(C)CN1CCN(C2CCC(CO)(NC3CC3)C2)CC1. The molecule has 2 saturated carbocycles. The summed E-state index contributed by atoms with van der Waals surface area (Å²) in [6.45, 7) is 11.0. The van der Waals surface area contributed by atoms with E-state index in [0.717, 1.165) is 18.8 Å². The van der Waals surface area contributed by atoms with Crippen molar-refractivity contribution in [3.63, 3.8) is 0 Å². The summed E-state index contributed by atoms with van der Waals surface area (Å²) < 4.78 is 0. The molecule has 2 atom stereocenters. The van der Waals surface area contributed by atoms with Crippen molar-refractivity contribution in [1.29, 1.82) is 0 Å². The number of nitrogens with zero attached hydrogens (tertiary/aromatic N) is 2. The van der Waals surface area contributed by atoms with E-state index in [1.54, 1.807) is 0 Å². The third-order valence-corrected chi connectivity index (χ3v) is 5.52. The van der Waals surface area contributed by atoms with E-state index >= 15 is 0 Å². The maximum Gasteiger partial charge on any atom is 0.0614 e. The molecule has 21 heavy (non-hydrogen) atoms. The summed E-state index contributed by atoms with van der Waals surface area (Å²) in [6.07, 6.45) is 6.16. The largest absolute Gasteiger partial charge is 0.394 e. The molecule has 0 aromatic heterocycles. The summed E-state index contributed by atoms with van der Waals surface area (Å²) in [4.78, 5) is 5.29. The fourth-order valence-corrected chi connectivity index (χ4v) is 4.22. The second-order valence-electron chi connectivity index (χ2n) is 7.98. The molecule has 1 saturated heterocycles. The predicted molar refractivity (Wildman–Crippen MR) is 86.5 cm³/mol. The van der Waals surface area contributed by atoms with Crippen molar-refractivity contribution in [2.45, 2.75) is 63.6 Å². The van der Waals surface area contributed by atoms with Gasteiger partial charge in [0, 0.05) is 50.3 Å². The van der Waals surface area contributed by atoms with Crippen LogP contribution in [-0.2, 0) is 0 Å². The third-order valence-electron chi connectivity index (χ3n) is 5.52. The zero-order valence-corrected chi connectivity index (χ0v) is 13.9. The van der Waals surface area contributed by atoms with Crippen molar-refractivity contribution in [2.24, 2.45) is 5.92 Å². The summed E-state index contributed by atoms with van der Waals surface area (Å²) in [5, 5.41) is 13.6. The lowest BCUT2D eigenvalue weighted by Gasteiger charge is -2.39. The molecule has 0 radical (unpaired) electrons. The molecule has 3 fully saturated rings. The number of hydrogen-bond acceptors (Lipinski definition) is 4. The van der Waals surface area contributed by atoms with Crippen LogP contribution in [0.25, 0.3) is 0 Å². The van der Waals surface area contributed by atoms with Crippen molar-refractivity contribution in [3.8, 4) is 0 Å². The Kier molecular flexibility index (Phi) is 4.89. The fourth-order valence-electron chi connectivity index (χ4n) is 4.22. The normalized spacial score (nSPS) is 35.7. The average molecular weight is 295 g/mol. The van der Waals surface area contributed by atoms with E-state index in [1.807, 2.05) is 0 Å². The van der Waals surface area contributed by atoms with Crippen LogP contribution in [0.15, 0.2) is 0 Å². The molecular formula is C17H33N3O. The van der Waals surface area contributed by atoms with Gasteiger partial charge in [-0.2, -0.15) is 0 Å². The Morgan fingerprint density at radius 2 is 1.86 bits per heavy atom. The molecule has 0 aromatic carbocycles. The van der Waals surface area contributed by atoms with Crippen LogP contribution in [0, 0.1) is 5.92 Å². The van der Waals surface area contributed by atoms with Gasteiger partial charge in [-0.05, 0) is 38.0 Å². The Labute approximate surface area is 129 Å². The van der Waals surface area contributed by atoms with Crippen LogP contribution in [-0.4, -0.2) is 71.9 Å². The Morgan fingerprint density at radius 1 is 1.14 bits per heavy atom. The number of aliphatic hydroxyl groups excluding tert-OH is 1. The molecule has 0 spiro atoms. The van der Waals surface area contributed by atoms with Crippen molar-refractivity contribution < 1.29 is 5.11 Å². The molecule has 0 bridgehead atoms. The molecule has 0 amide bonds. The lowest BCUT2D eigenvalue weighted by atomic mass is 9.98. The van der Waals surface area contributed by atoms with E-state index in [0.29, 0.717) is 18.7 Å². The van der Waals surface area contributed by atoms with Crippen LogP contribution in [0.3, 0.4) is 0 Å². The van der Waals surface area contributed by atoms with Crippen LogP contribution in [0.2, 0.25) is 0 Å². The Bertz CT molecular complexity index is 337. The van der Waals surface area contributed by atoms with E-state index in [-0.39, 0.29) is 5.54 Å². The molecule has 4 heteroatoms. The van der Waals surface area contributed by atoms with Crippen LogP contribution in [0.1, 0.15) is 46.0 Å². The van der Waals surface area contributed by atoms with E-state index < -0.39 is 0 Å². The van der Waals surface area contributed by atoms with Crippen molar-refractivity contribution in [3.05, 3.63) is 0 Å². The first-order valence-corrected chi connectivity index (χ1v) is 8.95. The van der Waals surface area contributed by atoms with Gasteiger partial charge < -0.3 is 15.3 Å². The van der Waals surface area contributed by atoms with Gasteiger partial charge in [0.1, 0.15) is 0 Å². The number of aliphatic hydroxyl groups is 1. The van der Waals surface area contributed by atoms with E-state index in [1.165, 1.54) is 52.0 Å². The van der Waals surface area contributed by atoms with Gasteiger partial charge in [-0.1, -0.05) is 13.8 Å². The molecule has 3 aliphatic rings. The summed E-state index contributed by atoms with van der Waals surface area (Å²) in [5.41, 5.74) is 0.0287. The van der Waals surface area contributed by atoms with Crippen molar-refractivity contribution in [2.75, 3.05) is 39.3 Å². The first kappa shape index (κ1) is 15.7. The highest BCUT2D eigenvalue weighted by molar-refractivity contribution is 5.03. The number of hydrogen-bond donors (Lipinski definition) is 2. The van der Waals surface area contributed by atoms with Gasteiger partial charge in [0.05, 0.1) is 6.61 Å². The highest BCUT2D eigenvalue weighted by atomic mass is 16.3. The summed E-state index contributed by atoms with van der Waals surface area (Å²) in [6, 6.07) is 1.38. The quantitative estimate of drug-likeness (QED) is 0.775. The zero-order valence-electron chi connectivity index (χ0n) is 13.9. The van der Waals surface area contributed by atoms with Crippen molar-refractivity contribution >= 4 is 0 Å². The molecule has 0 aromatic rings. The van der Waals surface area contributed by atoms with Gasteiger partial charge in [0.25, 0.3) is 0 Å². The second kappa shape index (κ2) is 6.53. The monoisotopic (exact) mass is 295 g/mol. The van der Waals surface area contributed by atoms with E-state index in [2.05, 4.69) is 29.0 Å². The average Bonchev–Trinajstić information content (AvgIpc) is 3.17. The van der Waals surface area contributed by atoms with Crippen LogP contribution < -0.4 is 5.32 Å². The number of rotatable bonds is 6. The van der Waals surface area contributed by atoms with Gasteiger partial charge in [-0.3, -0.25) is 4.90 Å². The van der Waals surface area contributed by atoms with Gasteiger partial charge in [-0.25, -0.2) is 0 Å². The number of piperazine rings is 1. The highest BCUT2D eigenvalue weighted by Gasteiger charge is 2.43. The minimum Gasteiger partial charge on any atom is -0.394 e. The van der Waals surface area contributed by atoms with Gasteiger partial charge in [0.2, 0.25) is 0 Å². The third kappa shape index (κ3) is 3.98. The Morgan fingerprint density at radius 3 is 2.43 bits per heavy atom. The number of nitrogens with one attached hydrogen (secondary N) is 1. The molecule has 2 unspecified atom stereocenters. The molecule has 1 aliphatic heterocycles. The van der Waals surface area contributed by atoms with E-state index in [4.69, 9.17) is 0 Å². The minimum atomic E-state index is 0.0287. The molecule has 2 N–H and O–H groups in total. The highest BCUT2D eigenvalue weighted by Crippen LogP contribution is 2.36. The van der Waals surface area contributed by atoms with Crippen LogP contribution in [0.4, 0.5) is 0 Å². The maximum atomic E-state index is 9.86.